The van der Waals surface area contributed by atoms with E-state index < -0.39 is 6.03 Å². The van der Waals surface area contributed by atoms with Gasteiger partial charge in [0.25, 0.3) is 0 Å². The number of hydrogen-bond acceptors (Lipinski definition) is 4. The Balaban J connectivity index is 1.67. The molecule has 0 aliphatic heterocycles. The van der Waals surface area contributed by atoms with Crippen LogP contribution in [0, 0.1) is 6.92 Å². The number of para-hydroxylation sites is 1. The van der Waals surface area contributed by atoms with Crippen molar-refractivity contribution >= 4 is 41.1 Å². The van der Waals surface area contributed by atoms with Crippen molar-refractivity contribution in [3.8, 4) is 11.5 Å². The molecule has 8 heteroatoms. The van der Waals surface area contributed by atoms with Gasteiger partial charge >= 0.3 is 6.03 Å². The number of carbonyl (C=O) groups excluding carboxylic acids is 1. The molecule has 0 bridgehead atoms. The van der Waals surface area contributed by atoms with E-state index in [4.69, 9.17) is 32.7 Å². The summed E-state index contributed by atoms with van der Waals surface area (Å²) < 4.78 is 11.6. The van der Waals surface area contributed by atoms with Gasteiger partial charge in [-0.1, -0.05) is 53.5 Å². The average molecular weight is 472 g/mol. The molecule has 0 aliphatic rings. The molecule has 0 radical (unpaired) electrons. The van der Waals surface area contributed by atoms with Crippen LogP contribution in [0.3, 0.4) is 0 Å². The summed E-state index contributed by atoms with van der Waals surface area (Å²) in [6.45, 7) is 4.53. The van der Waals surface area contributed by atoms with Crippen LogP contribution in [0.2, 0.25) is 10.0 Å². The third kappa shape index (κ3) is 6.64. The fourth-order valence-electron chi connectivity index (χ4n) is 2.83. The summed E-state index contributed by atoms with van der Waals surface area (Å²) in [5.41, 5.74) is 5.70. The van der Waals surface area contributed by atoms with Crippen molar-refractivity contribution in [3.63, 3.8) is 0 Å². The van der Waals surface area contributed by atoms with E-state index in [0.29, 0.717) is 46.0 Å². The SMILES string of the molecule is CCOc1cc(C=NNC(=O)Nc2ccccc2C)cc(Cl)c1OCc1ccc(Cl)cc1. The molecule has 32 heavy (non-hydrogen) atoms. The largest absolute Gasteiger partial charge is 0.490 e. The van der Waals surface area contributed by atoms with Crippen molar-refractivity contribution in [2.75, 3.05) is 11.9 Å². The van der Waals surface area contributed by atoms with Crippen LogP contribution in [0.25, 0.3) is 0 Å². The third-order valence-corrected chi connectivity index (χ3v) is 4.93. The maximum Gasteiger partial charge on any atom is 0.339 e. The lowest BCUT2D eigenvalue weighted by atomic mass is 10.2. The van der Waals surface area contributed by atoms with Gasteiger partial charge in [0.2, 0.25) is 0 Å². The Morgan fingerprint density at radius 3 is 2.53 bits per heavy atom. The van der Waals surface area contributed by atoms with E-state index >= 15 is 0 Å². The summed E-state index contributed by atoms with van der Waals surface area (Å²) in [6.07, 6.45) is 1.48. The molecular weight excluding hydrogens is 449 g/mol. The smallest absolute Gasteiger partial charge is 0.339 e. The summed E-state index contributed by atoms with van der Waals surface area (Å²) in [6, 6.07) is 17.8. The van der Waals surface area contributed by atoms with Gasteiger partial charge in [-0.15, -0.1) is 0 Å². The van der Waals surface area contributed by atoms with Crippen LogP contribution in [0.1, 0.15) is 23.6 Å². The molecule has 2 N–H and O–H groups in total. The highest BCUT2D eigenvalue weighted by Gasteiger charge is 2.13. The number of amides is 2. The number of anilines is 1. The lowest BCUT2D eigenvalue weighted by Crippen LogP contribution is -2.24. The second kappa shape index (κ2) is 11.4. The Hall–Kier alpha value is -3.22. The molecule has 0 heterocycles. The number of hydrogen-bond donors (Lipinski definition) is 2. The van der Waals surface area contributed by atoms with Crippen LogP contribution in [0.5, 0.6) is 11.5 Å². The maximum atomic E-state index is 12.1. The molecule has 0 atom stereocenters. The quantitative estimate of drug-likeness (QED) is 0.293. The van der Waals surface area contributed by atoms with Gasteiger partial charge in [0.05, 0.1) is 17.8 Å². The molecule has 0 spiro atoms. The highest BCUT2D eigenvalue weighted by molar-refractivity contribution is 6.32. The van der Waals surface area contributed by atoms with Crippen LogP contribution < -0.4 is 20.2 Å². The normalized spacial score (nSPS) is 10.8. The lowest BCUT2D eigenvalue weighted by Gasteiger charge is -2.14. The first-order valence-corrected chi connectivity index (χ1v) is 10.7. The Kier molecular flexibility index (Phi) is 8.36. The number of aryl methyl sites for hydroxylation is 1. The molecule has 0 fully saturated rings. The molecule has 0 saturated heterocycles. The number of nitrogens with one attached hydrogen (secondary N) is 2. The minimum atomic E-state index is -0.449. The van der Waals surface area contributed by atoms with Gasteiger partial charge in [-0.05, 0) is 60.9 Å². The van der Waals surface area contributed by atoms with Gasteiger partial charge in [-0.2, -0.15) is 5.10 Å². The van der Waals surface area contributed by atoms with Crippen LogP contribution in [0.4, 0.5) is 10.5 Å². The van der Waals surface area contributed by atoms with Gasteiger partial charge in [-0.25, -0.2) is 10.2 Å². The van der Waals surface area contributed by atoms with Crippen molar-refractivity contribution in [3.05, 3.63) is 87.4 Å². The second-order valence-electron chi connectivity index (χ2n) is 6.82. The Bertz CT molecular complexity index is 1100. The number of benzene rings is 3. The molecule has 0 aromatic heterocycles. The molecular formula is C24H23Cl2N3O3. The summed E-state index contributed by atoms with van der Waals surface area (Å²) in [7, 11) is 0. The number of hydrazone groups is 1. The lowest BCUT2D eigenvalue weighted by molar-refractivity contribution is 0.252. The van der Waals surface area contributed by atoms with E-state index in [1.54, 1.807) is 24.3 Å². The highest BCUT2D eigenvalue weighted by atomic mass is 35.5. The predicted octanol–water partition coefficient (Wildman–Crippen LogP) is 6.44. The van der Waals surface area contributed by atoms with E-state index in [0.717, 1.165) is 11.1 Å². The van der Waals surface area contributed by atoms with Crippen LogP contribution in [0.15, 0.2) is 65.8 Å². The van der Waals surface area contributed by atoms with Crippen molar-refractivity contribution in [2.24, 2.45) is 5.10 Å². The monoisotopic (exact) mass is 471 g/mol. The Morgan fingerprint density at radius 2 is 1.81 bits per heavy atom. The number of urea groups is 1. The summed E-state index contributed by atoms with van der Waals surface area (Å²) in [5, 5.41) is 7.76. The molecule has 3 aromatic carbocycles. The van der Waals surface area contributed by atoms with Crippen molar-refractivity contribution < 1.29 is 14.3 Å². The molecule has 3 rings (SSSR count). The predicted molar refractivity (Wildman–Crippen MR) is 129 cm³/mol. The van der Waals surface area contributed by atoms with Crippen molar-refractivity contribution in [2.45, 2.75) is 20.5 Å². The third-order valence-electron chi connectivity index (χ3n) is 4.40. The number of halogens is 2. The average Bonchev–Trinajstić information content (AvgIpc) is 2.76. The van der Waals surface area contributed by atoms with Gasteiger partial charge in [0, 0.05) is 10.7 Å². The molecule has 2 amide bonds. The Labute approximate surface area is 197 Å². The zero-order chi connectivity index (χ0) is 22.9. The van der Waals surface area contributed by atoms with Crippen molar-refractivity contribution in [1.29, 1.82) is 0 Å². The minimum absolute atomic E-state index is 0.311. The van der Waals surface area contributed by atoms with E-state index in [1.165, 1.54) is 6.21 Å². The molecule has 3 aromatic rings. The van der Waals surface area contributed by atoms with Gasteiger partial charge < -0.3 is 14.8 Å². The first-order chi connectivity index (χ1) is 15.5. The molecule has 6 nitrogen and oxygen atoms in total. The number of rotatable bonds is 8. The van der Waals surface area contributed by atoms with E-state index in [2.05, 4.69) is 15.8 Å². The summed E-state index contributed by atoms with van der Waals surface area (Å²) in [4.78, 5) is 12.1. The number of carbonyl (C=O) groups is 1. The maximum absolute atomic E-state index is 12.1. The van der Waals surface area contributed by atoms with Gasteiger partial charge in [-0.3, -0.25) is 0 Å². The Morgan fingerprint density at radius 1 is 1.06 bits per heavy atom. The fourth-order valence-corrected chi connectivity index (χ4v) is 3.23. The fraction of sp³-hybridized carbons (Fsp3) is 0.167. The molecule has 0 saturated carbocycles. The second-order valence-corrected chi connectivity index (χ2v) is 7.66. The van der Waals surface area contributed by atoms with Gasteiger partial charge in [0.1, 0.15) is 6.61 Å². The summed E-state index contributed by atoms with van der Waals surface area (Å²) in [5.74, 6) is 0.922. The van der Waals surface area contributed by atoms with Crippen LogP contribution in [-0.2, 0) is 6.61 Å². The zero-order valence-corrected chi connectivity index (χ0v) is 19.2. The highest BCUT2D eigenvalue weighted by Crippen LogP contribution is 2.37. The number of nitrogens with zero attached hydrogens (tertiary/aromatic N) is 1. The van der Waals surface area contributed by atoms with Crippen LogP contribution >= 0.6 is 23.2 Å². The number of ether oxygens (including phenoxy) is 2. The topological polar surface area (TPSA) is 72.0 Å². The van der Waals surface area contributed by atoms with E-state index in [-0.39, 0.29) is 0 Å². The summed E-state index contributed by atoms with van der Waals surface area (Å²) >= 11 is 12.4. The molecule has 0 unspecified atom stereocenters. The zero-order valence-electron chi connectivity index (χ0n) is 17.7. The van der Waals surface area contributed by atoms with Crippen molar-refractivity contribution in [1.82, 2.24) is 5.43 Å². The first kappa shape index (κ1) is 23.4. The molecule has 166 valence electrons. The van der Waals surface area contributed by atoms with E-state index in [9.17, 15) is 4.79 Å². The first-order valence-electron chi connectivity index (χ1n) is 9.95. The van der Waals surface area contributed by atoms with Gasteiger partial charge in [0.15, 0.2) is 11.5 Å². The van der Waals surface area contributed by atoms with Crippen LogP contribution in [-0.4, -0.2) is 18.9 Å². The molecule has 0 aliphatic carbocycles. The van der Waals surface area contributed by atoms with E-state index in [1.807, 2.05) is 50.2 Å². The standard InChI is InChI=1S/C24H23Cl2N3O3/c1-3-31-22-13-18(14-27-29-24(30)28-21-7-5-4-6-16(21)2)12-20(26)23(22)32-15-17-8-10-19(25)11-9-17/h4-14H,3,15H2,1-2H3,(H2,28,29,30). The minimum Gasteiger partial charge on any atom is -0.490 e.